The minimum atomic E-state index is 0.0682. The van der Waals surface area contributed by atoms with Gasteiger partial charge in [-0.1, -0.05) is 29.8 Å². The van der Waals surface area contributed by atoms with Crippen LogP contribution in [0.1, 0.15) is 24.1 Å². The molecule has 0 spiro atoms. The number of carbonyl (C=O) groups excluding carboxylic acids is 1. The van der Waals surface area contributed by atoms with E-state index in [1.807, 2.05) is 43.1 Å². The lowest BCUT2D eigenvalue weighted by atomic mass is 10.1. The number of aromatic nitrogens is 1. The van der Waals surface area contributed by atoms with Crippen molar-refractivity contribution in [2.24, 2.45) is 0 Å². The molecule has 0 aliphatic heterocycles. The number of para-hydroxylation sites is 1. The first-order valence-corrected chi connectivity index (χ1v) is 7.94. The van der Waals surface area contributed by atoms with Crippen LogP contribution in [0.3, 0.4) is 0 Å². The number of rotatable bonds is 5. The molecule has 0 radical (unpaired) electrons. The van der Waals surface area contributed by atoms with Gasteiger partial charge < -0.3 is 5.32 Å². The van der Waals surface area contributed by atoms with Gasteiger partial charge in [0.25, 0.3) is 0 Å². The molecular weight excluding hydrogens is 298 g/mol. The topological polar surface area (TPSA) is 45.2 Å². The van der Waals surface area contributed by atoms with Crippen molar-refractivity contribution in [3.05, 3.63) is 40.5 Å². The molecule has 1 aromatic carbocycles. The van der Waals surface area contributed by atoms with E-state index in [1.165, 1.54) is 0 Å². The highest BCUT2D eigenvalue weighted by Gasteiger charge is 2.23. The molecule has 4 nitrogen and oxygen atoms in total. The summed E-state index contributed by atoms with van der Waals surface area (Å²) in [6.45, 7) is 2.93. The second kappa shape index (κ2) is 6.23. The van der Waals surface area contributed by atoms with Crippen LogP contribution in [-0.2, 0) is 11.3 Å². The number of halogens is 1. The van der Waals surface area contributed by atoms with Gasteiger partial charge in [-0.25, -0.2) is 4.98 Å². The molecule has 22 heavy (non-hydrogen) atoms. The maximum absolute atomic E-state index is 11.9. The number of hydrogen-bond acceptors (Lipinski definition) is 3. The lowest BCUT2D eigenvalue weighted by Crippen LogP contribution is -2.36. The summed E-state index contributed by atoms with van der Waals surface area (Å²) < 4.78 is 0. The van der Waals surface area contributed by atoms with Gasteiger partial charge >= 0.3 is 0 Å². The first-order valence-electron chi connectivity index (χ1n) is 7.56. The largest absolute Gasteiger partial charge is 0.352 e. The molecular formula is C17H20ClN3O. The number of likely N-dealkylation sites (N-methyl/N-ethyl adjacent to an activating group) is 1. The molecule has 0 saturated heterocycles. The monoisotopic (exact) mass is 317 g/mol. The van der Waals surface area contributed by atoms with E-state index < -0.39 is 0 Å². The van der Waals surface area contributed by atoms with Crippen LogP contribution in [-0.4, -0.2) is 35.4 Å². The maximum atomic E-state index is 11.9. The second-order valence-corrected chi connectivity index (χ2v) is 6.41. The Balaban J connectivity index is 1.74. The van der Waals surface area contributed by atoms with Crippen molar-refractivity contribution in [3.63, 3.8) is 0 Å². The number of nitrogens with one attached hydrogen (secondary N) is 1. The van der Waals surface area contributed by atoms with Crippen molar-refractivity contribution >= 4 is 28.4 Å². The van der Waals surface area contributed by atoms with E-state index in [9.17, 15) is 4.79 Å². The number of nitrogens with zero attached hydrogens (tertiary/aromatic N) is 2. The molecule has 1 aromatic heterocycles. The minimum Gasteiger partial charge on any atom is -0.352 e. The van der Waals surface area contributed by atoms with Crippen LogP contribution in [0.5, 0.6) is 0 Å². The summed E-state index contributed by atoms with van der Waals surface area (Å²) in [6.07, 6.45) is 2.21. The van der Waals surface area contributed by atoms with Gasteiger partial charge in [0.2, 0.25) is 5.91 Å². The Morgan fingerprint density at radius 1 is 1.41 bits per heavy atom. The third-order valence-corrected chi connectivity index (χ3v) is 4.42. The zero-order valence-electron chi connectivity index (χ0n) is 12.9. The summed E-state index contributed by atoms with van der Waals surface area (Å²) >= 11 is 6.46. The summed E-state index contributed by atoms with van der Waals surface area (Å²) in [5, 5.41) is 4.75. The summed E-state index contributed by atoms with van der Waals surface area (Å²) in [7, 11) is 1.91. The van der Waals surface area contributed by atoms with Gasteiger partial charge in [-0.3, -0.25) is 9.69 Å². The lowest BCUT2D eigenvalue weighted by molar-refractivity contribution is -0.122. The number of benzene rings is 1. The number of pyridine rings is 1. The number of aryl methyl sites for hydroxylation is 1. The zero-order chi connectivity index (χ0) is 15.7. The number of carbonyl (C=O) groups is 1. The van der Waals surface area contributed by atoms with Crippen molar-refractivity contribution in [3.8, 4) is 0 Å². The molecule has 1 N–H and O–H groups in total. The van der Waals surface area contributed by atoms with Crippen molar-refractivity contribution < 1.29 is 4.79 Å². The zero-order valence-corrected chi connectivity index (χ0v) is 13.7. The molecule has 1 amide bonds. The molecule has 5 heteroatoms. The summed E-state index contributed by atoms with van der Waals surface area (Å²) in [5.74, 6) is 0.0682. The number of hydrogen-bond donors (Lipinski definition) is 1. The predicted octanol–water partition coefficient (Wildman–Crippen LogP) is 2.91. The average molecular weight is 318 g/mol. The van der Waals surface area contributed by atoms with Gasteiger partial charge in [-0.05, 0) is 38.4 Å². The van der Waals surface area contributed by atoms with E-state index in [1.54, 1.807) is 0 Å². The second-order valence-electron chi connectivity index (χ2n) is 6.03. The Labute approximate surface area is 135 Å². The van der Waals surface area contributed by atoms with E-state index in [0.717, 1.165) is 35.0 Å². The van der Waals surface area contributed by atoms with Crippen molar-refractivity contribution in [2.45, 2.75) is 32.4 Å². The fourth-order valence-corrected chi connectivity index (χ4v) is 2.78. The molecule has 1 aliphatic carbocycles. The van der Waals surface area contributed by atoms with Gasteiger partial charge in [0, 0.05) is 18.0 Å². The van der Waals surface area contributed by atoms with E-state index in [4.69, 9.17) is 11.6 Å². The molecule has 1 fully saturated rings. The summed E-state index contributed by atoms with van der Waals surface area (Å²) in [4.78, 5) is 18.4. The van der Waals surface area contributed by atoms with Gasteiger partial charge in [0.15, 0.2) is 0 Å². The van der Waals surface area contributed by atoms with E-state index in [-0.39, 0.29) is 5.91 Å². The van der Waals surface area contributed by atoms with Crippen LogP contribution >= 0.6 is 11.6 Å². The first-order chi connectivity index (χ1) is 10.5. The molecule has 1 aliphatic rings. The highest BCUT2D eigenvalue weighted by Crippen LogP contribution is 2.27. The van der Waals surface area contributed by atoms with E-state index in [2.05, 4.69) is 10.3 Å². The lowest BCUT2D eigenvalue weighted by Gasteiger charge is -2.18. The van der Waals surface area contributed by atoms with Crippen molar-refractivity contribution in [2.75, 3.05) is 13.6 Å². The van der Waals surface area contributed by atoms with Gasteiger partial charge in [0.05, 0.1) is 22.8 Å². The Morgan fingerprint density at radius 3 is 2.86 bits per heavy atom. The molecule has 116 valence electrons. The van der Waals surface area contributed by atoms with Gasteiger partial charge in [-0.15, -0.1) is 0 Å². The highest BCUT2D eigenvalue weighted by molar-refractivity contribution is 6.32. The molecule has 1 saturated carbocycles. The third kappa shape index (κ3) is 3.39. The van der Waals surface area contributed by atoms with Crippen LogP contribution in [0.15, 0.2) is 24.3 Å². The predicted molar refractivity (Wildman–Crippen MR) is 89.0 cm³/mol. The smallest absolute Gasteiger partial charge is 0.234 e. The van der Waals surface area contributed by atoms with Crippen LogP contribution in [0.2, 0.25) is 5.02 Å². The Morgan fingerprint density at radius 2 is 2.14 bits per heavy atom. The summed E-state index contributed by atoms with van der Waals surface area (Å²) in [5.41, 5.74) is 2.80. The first kappa shape index (κ1) is 15.3. The molecule has 0 atom stereocenters. The normalized spacial score (nSPS) is 14.5. The maximum Gasteiger partial charge on any atom is 0.234 e. The van der Waals surface area contributed by atoms with E-state index in [0.29, 0.717) is 24.2 Å². The fraction of sp³-hybridized carbons (Fsp3) is 0.412. The summed E-state index contributed by atoms with van der Waals surface area (Å²) in [6, 6.07) is 8.37. The molecule has 0 bridgehead atoms. The quantitative estimate of drug-likeness (QED) is 0.922. The van der Waals surface area contributed by atoms with Crippen LogP contribution < -0.4 is 5.32 Å². The third-order valence-electron chi connectivity index (χ3n) is 3.92. The fourth-order valence-electron chi connectivity index (χ4n) is 2.58. The van der Waals surface area contributed by atoms with Crippen LogP contribution in [0.4, 0.5) is 0 Å². The standard InChI is InChI=1S/C17H20ClN3O/c1-11-13-5-3-4-6-14(13)20-15(17(11)18)9-21(2)10-16(22)19-12-7-8-12/h3-6,12H,7-10H2,1-2H3,(H,19,22). The highest BCUT2D eigenvalue weighted by atomic mass is 35.5. The Kier molecular flexibility index (Phi) is 4.32. The molecule has 0 unspecified atom stereocenters. The number of amides is 1. The number of fused-ring (bicyclic) bond motifs is 1. The van der Waals surface area contributed by atoms with Gasteiger partial charge in [0.1, 0.15) is 0 Å². The Hall–Kier alpha value is -1.65. The van der Waals surface area contributed by atoms with Crippen molar-refractivity contribution in [1.82, 2.24) is 15.2 Å². The van der Waals surface area contributed by atoms with Crippen molar-refractivity contribution in [1.29, 1.82) is 0 Å². The molecule has 1 heterocycles. The van der Waals surface area contributed by atoms with Crippen LogP contribution in [0, 0.1) is 6.92 Å². The average Bonchev–Trinajstić information content (AvgIpc) is 3.28. The SMILES string of the molecule is Cc1c(Cl)c(CN(C)CC(=O)NC2CC2)nc2ccccc12. The molecule has 2 aromatic rings. The Bertz CT molecular complexity index is 712. The van der Waals surface area contributed by atoms with Gasteiger partial charge in [-0.2, -0.15) is 0 Å². The minimum absolute atomic E-state index is 0.0682. The van der Waals surface area contributed by atoms with E-state index >= 15 is 0 Å². The van der Waals surface area contributed by atoms with Crippen LogP contribution in [0.25, 0.3) is 10.9 Å². The molecule has 3 rings (SSSR count).